The van der Waals surface area contributed by atoms with Gasteiger partial charge in [0.05, 0.1) is 17.3 Å². The quantitative estimate of drug-likeness (QED) is 0.619. The lowest BCUT2D eigenvalue weighted by Crippen LogP contribution is -2.44. The van der Waals surface area contributed by atoms with Crippen molar-refractivity contribution in [1.29, 1.82) is 0 Å². The van der Waals surface area contributed by atoms with Gasteiger partial charge in [-0.3, -0.25) is 18.7 Å². The SMILES string of the molecule is Cc1ccc(-n2ccc(=O)n(C)c2=O)cc1NC(=O)C1=CN(C)C(=O)NC1c1ccc(F)cc1. The number of hydrogen-bond acceptors (Lipinski definition) is 4. The number of nitrogens with zero attached hydrogens (tertiary/aromatic N) is 3. The van der Waals surface area contributed by atoms with Crippen LogP contribution in [0.25, 0.3) is 5.69 Å². The first-order valence-corrected chi connectivity index (χ1v) is 10.4. The summed E-state index contributed by atoms with van der Waals surface area (Å²) in [7, 11) is 2.90. The molecule has 3 aromatic rings. The number of rotatable bonds is 4. The molecule has 174 valence electrons. The van der Waals surface area contributed by atoms with Crippen LogP contribution in [0.1, 0.15) is 17.2 Å². The highest BCUT2D eigenvalue weighted by Crippen LogP contribution is 2.28. The van der Waals surface area contributed by atoms with Crippen LogP contribution in [0.15, 0.2) is 76.1 Å². The molecule has 4 rings (SSSR count). The fourth-order valence-electron chi connectivity index (χ4n) is 3.61. The van der Waals surface area contributed by atoms with Crippen molar-refractivity contribution in [2.75, 3.05) is 12.4 Å². The van der Waals surface area contributed by atoms with Crippen LogP contribution in [0, 0.1) is 12.7 Å². The van der Waals surface area contributed by atoms with E-state index in [-0.39, 0.29) is 5.57 Å². The van der Waals surface area contributed by atoms with Gasteiger partial charge in [-0.05, 0) is 42.3 Å². The summed E-state index contributed by atoms with van der Waals surface area (Å²) in [5.41, 5.74) is 1.49. The number of aromatic nitrogens is 2. The van der Waals surface area contributed by atoms with Crippen molar-refractivity contribution in [1.82, 2.24) is 19.4 Å². The average molecular weight is 463 g/mol. The largest absolute Gasteiger partial charge is 0.335 e. The minimum atomic E-state index is -0.779. The average Bonchev–Trinajstić information content (AvgIpc) is 2.81. The van der Waals surface area contributed by atoms with Crippen molar-refractivity contribution in [2.45, 2.75) is 13.0 Å². The highest BCUT2D eigenvalue weighted by atomic mass is 19.1. The molecule has 0 radical (unpaired) electrons. The second-order valence-corrected chi connectivity index (χ2v) is 7.95. The maximum Gasteiger partial charge on any atom is 0.335 e. The molecular formula is C24H22FN5O4. The molecule has 0 aliphatic carbocycles. The molecule has 1 aromatic heterocycles. The number of urea groups is 1. The number of hydrogen-bond donors (Lipinski definition) is 2. The number of aryl methyl sites for hydroxylation is 1. The monoisotopic (exact) mass is 463 g/mol. The van der Waals surface area contributed by atoms with Gasteiger partial charge in [0, 0.05) is 38.2 Å². The molecule has 0 bridgehead atoms. The standard InChI is InChI=1S/C24H22FN5O4/c1-14-4-9-17(30-11-10-20(31)29(3)24(30)34)12-19(14)26-22(32)18-13-28(2)23(33)27-21(18)15-5-7-16(25)8-6-15/h4-13,21H,1-3H3,(H,26,32)(H,27,33). The Kier molecular flexibility index (Phi) is 5.89. The van der Waals surface area contributed by atoms with Crippen molar-refractivity contribution in [3.05, 3.63) is 104 Å². The second kappa shape index (κ2) is 8.81. The molecule has 1 atom stereocenters. The fourth-order valence-corrected chi connectivity index (χ4v) is 3.61. The third-order valence-corrected chi connectivity index (χ3v) is 5.63. The molecule has 10 heteroatoms. The Morgan fingerprint density at radius 2 is 1.74 bits per heavy atom. The van der Waals surface area contributed by atoms with E-state index < -0.39 is 35.0 Å². The Bertz CT molecular complexity index is 1440. The van der Waals surface area contributed by atoms with Gasteiger partial charge < -0.3 is 15.5 Å². The van der Waals surface area contributed by atoms with Crippen LogP contribution < -0.4 is 21.9 Å². The van der Waals surface area contributed by atoms with Crippen molar-refractivity contribution in [2.24, 2.45) is 7.05 Å². The Morgan fingerprint density at radius 1 is 1.03 bits per heavy atom. The van der Waals surface area contributed by atoms with Gasteiger partial charge in [-0.2, -0.15) is 0 Å². The molecule has 1 unspecified atom stereocenters. The van der Waals surface area contributed by atoms with Crippen LogP contribution in [0.3, 0.4) is 0 Å². The van der Waals surface area contributed by atoms with E-state index in [1.807, 2.05) is 0 Å². The first kappa shape index (κ1) is 22.7. The van der Waals surface area contributed by atoms with Gasteiger partial charge in [0.2, 0.25) is 0 Å². The summed E-state index contributed by atoms with van der Waals surface area (Å²) >= 11 is 0. The maximum atomic E-state index is 13.4. The lowest BCUT2D eigenvalue weighted by Gasteiger charge is -2.30. The molecule has 0 fully saturated rings. The van der Waals surface area contributed by atoms with E-state index in [4.69, 9.17) is 0 Å². The van der Waals surface area contributed by atoms with Crippen LogP contribution in [0.2, 0.25) is 0 Å². The summed E-state index contributed by atoms with van der Waals surface area (Å²) in [5, 5.41) is 5.59. The predicted octanol–water partition coefficient (Wildman–Crippen LogP) is 2.20. The first-order chi connectivity index (χ1) is 16.2. The summed E-state index contributed by atoms with van der Waals surface area (Å²) in [4.78, 5) is 51.0. The molecule has 34 heavy (non-hydrogen) atoms. The van der Waals surface area contributed by atoms with E-state index in [1.165, 1.54) is 66.3 Å². The van der Waals surface area contributed by atoms with E-state index in [2.05, 4.69) is 10.6 Å². The van der Waals surface area contributed by atoms with Gasteiger partial charge in [0.15, 0.2) is 0 Å². The Hall–Kier alpha value is -4.47. The third kappa shape index (κ3) is 4.25. The maximum absolute atomic E-state index is 13.4. The Morgan fingerprint density at radius 3 is 2.44 bits per heavy atom. The number of benzene rings is 2. The van der Waals surface area contributed by atoms with Gasteiger partial charge in [-0.1, -0.05) is 18.2 Å². The number of carbonyl (C=O) groups is 2. The van der Waals surface area contributed by atoms with Gasteiger partial charge in [0.1, 0.15) is 5.82 Å². The molecule has 3 amide bonds. The van der Waals surface area contributed by atoms with Crippen molar-refractivity contribution >= 4 is 17.6 Å². The zero-order valence-electron chi connectivity index (χ0n) is 18.7. The lowest BCUT2D eigenvalue weighted by atomic mass is 9.97. The predicted molar refractivity (Wildman–Crippen MR) is 124 cm³/mol. The van der Waals surface area contributed by atoms with Crippen molar-refractivity contribution in [3.63, 3.8) is 0 Å². The third-order valence-electron chi connectivity index (χ3n) is 5.63. The second-order valence-electron chi connectivity index (χ2n) is 7.95. The molecule has 2 N–H and O–H groups in total. The van der Waals surface area contributed by atoms with Gasteiger partial charge in [-0.25, -0.2) is 14.0 Å². The number of halogens is 1. The Balaban J connectivity index is 1.69. The molecule has 2 aromatic carbocycles. The smallest absolute Gasteiger partial charge is 0.327 e. The van der Waals surface area contributed by atoms with E-state index in [0.717, 1.165) is 10.1 Å². The van der Waals surface area contributed by atoms with Gasteiger partial charge in [-0.15, -0.1) is 0 Å². The lowest BCUT2D eigenvalue weighted by molar-refractivity contribution is -0.113. The van der Waals surface area contributed by atoms with Crippen LogP contribution in [-0.4, -0.2) is 33.0 Å². The fraction of sp³-hybridized carbons (Fsp3) is 0.167. The van der Waals surface area contributed by atoms with Gasteiger partial charge in [0.25, 0.3) is 11.5 Å². The molecule has 9 nitrogen and oxygen atoms in total. The first-order valence-electron chi connectivity index (χ1n) is 10.4. The molecule has 1 aliphatic rings. The van der Waals surface area contributed by atoms with Gasteiger partial charge >= 0.3 is 11.7 Å². The van der Waals surface area contributed by atoms with Crippen LogP contribution >= 0.6 is 0 Å². The van der Waals surface area contributed by atoms with E-state index in [1.54, 1.807) is 25.1 Å². The highest BCUT2D eigenvalue weighted by Gasteiger charge is 2.30. The van der Waals surface area contributed by atoms with E-state index in [0.29, 0.717) is 16.9 Å². The molecular weight excluding hydrogens is 441 g/mol. The summed E-state index contributed by atoms with van der Waals surface area (Å²) in [6.07, 6.45) is 2.80. The summed E-state index contributed by atoms with van der Waals surface area (Å²) < 4.78 is 15.7. The molecule has 1 aliphatic heterocycles. The van der Waals surface area contributed by atoms with Crippen molar-refractivity contribution < 1.29 is 14.0 Å². The summed E-state index contributed by atoms with van der Waals surface area (Å²) in [6.45, 7) is 1.80. The highest BCUT2D eigenvalue weighted by molar-refractivity contribution is 6.06. The minimum absolute atomic E-state index is 0.248. The zero-order chi connectivity index (χ0) is 24.6. The summed E-state index contributed by atoms with van der Waals surface area (Å²) in [6, 6.07) is 10.7. The Labute approximate surface area is 193 Å². The zero-order valence-corrected chi connectivity index (χ0v) is 18.7. The normalized spacial score (nSPS) is 15.5. The molecule has 2 heterocycles. The van der Waals surface area contributed by atoms with Crippen LogP contribution in [0.4, 0.5) is 14.9 Å². The number of anilines is 1. The summed E-state index contributed by atoms with van der Waals surface area (Å²) in [5.74, 6) is -0.909. The van der Waals surface area contributed by atoms with Crippen molar-refractivity contribution in [3.8, 4) is 5.69 Å². The number of nitrogens with one attached hydrogen (secondary N) is 2. The molecule has 0 spiro atoms. The molecule has 0 saturated carbocycles. The number of amides is 3. The van der Waals surface area contributed by atoms with E-state index >= 15 is 0 Å². The molecule has 0 saturated heterocycles. The minimum Gasteiger partial charge on any atom is -0.327 e. The van der Waals surface area contributed by atoms with Crippen LogP contribution in [-0.2, 0) is 11.8 Å². The number of carbonyl (C=O) groups excluding carboxylic acids is 2. The van der Waals surface area contributed by atoms with E-state index in [9.17, 15) is 23.6 Å². The van der Waals surface area contributed by atoms with Crippen LogP contribution in [0.5, 0.6) is 0 Å². The topological polar surface area (TPSA) is 105 Å².